The second-order valence-electron chi connectivity index (χ2n) is 6.86. The Morgan fingerprint density at radius 3 is 2.61 bits per heavy atom. The molecule has 160 valence electrons. The summed E-state index contributed by atoms with van der Waals surface area (Å²) in [6.45, 7) is 1.59. The molecule has 4 aromatic rings. The van der Waals surface area contributed by atoms with Crippen LogP contribution in [0.4, 0.5) is 10.1 Å². The van der Waals surface area contributed by atoms with Gasteiger partial charge in [0.2, 0.25) is 0 Å². The summed E-state index contributed by atoms with van der Waals surface area (Å²) >= 11 is 1.54. The number of imidazole rings is 1. The largest absolute Gasteiger partial charge is 0.497 e. The zero-order chi connectivity index (χ0) is 21.6. The van der Waals surface area contributed by atoms with E-state index >= 15 is 0 Å². The van der Waals surface area contributed by atoms with E-state index in [-0.39, 0.29) is 5.82 Å². The average molecular weight is 439 g/mol. The number of halogens is 1. The van der Waals surface area contributed by atoms with E-state index in [0.29, 0.717) is 5.69 Å². The van der Waals surface area contributed by atoms with Crippen LogP contribution >= 0.6 is 11.3 Å². The first kappa shape index (κ1) is 20.9. The molecule has 0 aliphatic heterocycles. The minimum Gasteiger partial charge on any atom is -0.497 e. The standard InChI is InChI=1S/C23H23FN4O2S/c1-29-19-8-9-22(30-2)20(14-19)21-15-31-23(26-18-6-4-17(24)5-7-18)28(21)12-3-11-27-13-10-25-16-27/h4-10,13-16H,3,11-12H2,1-2H3. The Morgan fingerprint density at radius 1 is 1.06 bits per heavy atom. The number of aromatic nitrogens is 3. The Balaban J connectivity index is 1.76. The van der Waals surface area contributed by atoms with Crippen molar-refractivity contribution in [2.24, 2.45) is 4.99 Å². The first-order valence-corrected chi connectivity index (χ1v) is 10.7. The van der Waals surface area contributed by atoms with E-state index in [1.54, 1.807) is 32.5 Å². The highest BCUT2D eigenvalue weighted by Gasteiger charge is 2.14. The molecule has 8 heteroatoms. The van der Waals surface area contributed by atoms with Crippen molar-refractivity contribution in [3.05, 3.63) is 77.2 Å². The van der Waals surface area contributed by atoms with Gasteiger partial charge in [0.1, 0.15) is 17.3 Å². The van der Waals surface area contributed by atoms with Crippen LogP contribution in [0.15, 0.2) is 71.6 Å². The number of hydrogen-bond donors (Lipinski definition) is 0. The third-order valence-electron chi connectivity index (χ3n) is 4.89. The van der Waals surface area contributed by atoms with Crippen molar-refractivity contribution in [1.29, 1.82) is 0 Å². The Labute approximate surface area is 183 Å². The molecule has 0 saturated heterocycles. The minimum atomic E-state index is -0.278. The van der Waals surface area contributed by atoms with Gasteiger partial charge >= 0.3 is 0 Å². The van der Waals surface area contributed by atoms with Gasteiger partial charge in [-0.15, -0.1) is 11.3 Å². The zero-order valence-corrected chi connectivity index (χ0v) is 18.2. The van der Waals surface area contributed by atoms with Crippen molar-refractivity contribution in [3.8, 4) is 22.8 Å². The van der Waals surface area contributed by atoms with E-state index in [1.165, 1.54) is 23.5 Å². The molecule has 0 aliphatic carbocycles. The highest BCUT2D eigenvalue weighted by Crippen LogP contribution is 2.34. The predicted molar refractivity (Wildman–Crippen MR) is 119 cm³/mol. The maximum atomic E-state index is 13.3. The molecular weight excluding hydrogens is 415 g/mol. The Hall–Kier alpha value is -3.39. The van der Waals surface area contributed by atoms with Crippen LogP contribution in [0.2, 0.25) is 0 Å². The summed E-state index contributed by atoms with van der Waals surface area (Å²) in [4.78, 5) is 9.70. The number of thiazole rings is 1. The number of nitrogens with zero attached hydrogens (tertiary/aromatic N) is 4. The maximum absolute atomic E-state index is 13.3. The number of hydrogen-bond acceptors (Lipinski definition) is 5. The highest BCUT2D eigenvalue weighted by atomic mass is 32.1. The SMILES string of the molecule is COc1ccc(OC)c(-c2csc(=Nc3ccc(F)cc3)n2CCCn2ccnc2)c1. The van der Waals surface area contributed by atoms with Crippen LogP contribution in [0.5, 0.6) is 11.5 Å². The molecule has 31 heavy (non-hydrogen) atoms. The van der Waals surface area contributed by atoms with Crippen LogP contribution in [0, 0.1) is 5.82 Å². The molecule has 2 aromatic heterocycles. The van der Waals surface area contributed by atoms with Crippen molar-refractivity contribution in [1.82, 2.24) is 14.1 Å². The summed E-state index contributed by atoms with van der Waals surface area (Å²) in [7, 11) is 3.30. The molecule has 0 aliphatic rings. The molecule has 0 amide bonds. The second-order valence-corrected chi connectivity index (χ2v) is 7.70. The van der Waals surface area contributed by atoms with E-state index in [2.05, 4.69) is 19.5 Å². The van der Waals surface area contributed by atoms with E-state index in [9.17, 15) is 4.39 Å². The van der Waals surface area contributed by atoms with E-state index in [4.69, 9.17) is 14.5 Å². The summed E-state index contributed by atoms with van der Waals surface area (Å²) in [6, 6.07) is 11.9. The second kappa shape index (κ2) is 9.61. The van der Waals surface area contributed by atoms with Crippen LogP contribution in [0.25, 0.3) is 11.3 Å². The molecule has 0 N–H and O–H groups in total. The van der Waals surface area contributed by atoms with Gasteiger partial charge in [-0.3, -0.25) is 0 Å². The van der Waals surface area contributed by atoms with Crippen LogP contribution in [-0.2, 0) is 13.1 Å². The van der Waals surface area contributed by atoms with Gasteiger partial charge in [0, 0.05) is 36.4 Å². The number of aryl methyl sites for hydroxylation is 1. The molecular formula is C23H23FN4O2S. The summed E-state index contributed by atoms with van der Waals surface area (Å²) < 4.78 is 28.6. The Bertz CT molecular complexity index is 1200. The number of benzene rings is 2. The molecule has 4 rings (SSSR count). The third kappa shape index (κ3) is 4.86. The Morgan fingerprint density at radius 2 is 1.90 bits per heavy atom. The van der Waals surface area contributed by atoms with Crippen molar-refractivity contribution in [2.75, 3.05) is 14.2 Å². The van der Waals surface area contributed by atoms with Gasteiger partial charge in [-0.25, -0.2) is 14.4 Å². The van der Waals surface area contributed by atoms with Crippen LogP contribution < -0.4 is 14.3 Å². The molecule has 0 spiro atoms. The fourth-order valence-corrected chi connectivity index (χ4v) is 4.27. The first-order chi connectivity index (χ1) is 15.2. The predicted octanol–water partition coefficient (Wildman–Crippen LogP) is 4.89. The zero-order valence-electron chi connectivity index (χ0n) is 17.4. The van der Waals surface area contributed by atoms with Crippen molar-refractivity contribution in [3.63, 3.8) is 0 Å². The lowest BCUT2D eigenvalue weighted by atomic mass is 10.1. The van der Waals surface area contributed by atoms with Gasteiger partial charge < -0.3 is 18.6 Å². The molecule has 0 radical (unpaired) electrons. The Kier molecular flexibility index (Phi) is 6.47. The molecule has 2 aromatic carbocycles. The molecule has 0 atom stereocenters. The summed E-state index contributed by atoms with van der Waals surface area (Å²) in [5.41, 5.74) is 2.63. The number of ether oxygens (including phenoxy) is 2. The minimum absolute atomic E-state index is 0.278. The maximum Gasteiger partial charge on any atom is 0.190 e. The van der Waals surface area contributed by atoms with Crippen LogP contribution in [0.1, 0.15) is 6.42 Å². The lowest BCUT2D eigenvalue weighted by molar-refractivity contribution is 0.404. The number of rotatable bonds is 8. The van der Waals surface area contributed by atoms with Crippen LogP contribution in [-0.4, -0.2) is 28.3 Å². The van der Waals surface area contributed by atoms with E-state index in [1.807, 2.05) is 30.7 Å². The van der Waals surface area contributed by atoms with Crippen molar-refractivity contribution in [2.45, 2.75) is 19.5 Å². The molecule has 0 bridgehead atoms. The van der Waals surface area contributed by atoms with Gasteiger partial charge in [-0.2, -0.15) is 0 Å². The van der Waals surface area contributed by atoms with E-state index in [0.717, 1.165) is 47.1 Å². The normalized spacial score (nSPS) is 11.6. The third-order valence-corrected chi connectivity index (χ3v) is 5.75. The highest BCUT2D eigenvalue weighted by molar-refractivity contribution is 7.07. The van der Waals surface area contributed by atoms with Gasteiger partial charge in [-0.05, 0) is 48.9 Å². The molecule has 0 unspecified atom stereocenters. The molecule has 6 nitrogen and oxygen atoms in total. The quantitative estimate of drug-likeness (QED) is 0.394. The smallest absolute Gasteiger partial charge is 0.190 e. The summed E-state index contributed by atoms with van der Waals surface area (Å²) in [5, 5.41) is 2.07. The molecule has 0 saturated carbocycles. The lowest BCUT2D eigenvalue weighted by Gasteiger charge is -2.14. The molecule has 0 fully saturated rings. The fraction of sp³-hybridized carbons (Fsp3) is 0.217. The average Bonchev–Trinajstić information content (AvgIpc) is 3.45. The van der Waals surface area contributed by atoms with Gasteiger partial charge in [0.25, 0.3) is 0 Å². The van der Waals surface area contributed by atoms with E-state index < -0.39 is 0 Å². The lowest BCUT2D eigenvalue weighted by Crippen LogP contribution is -2.17. The summed E-state index contributed by atoms with van der Waals surface area (Å²) in [6.07, 6.45) is 6.44. The van der Waals surface area contributed by atoms with Gasteiger partial charge in [0.15, 0.2) is 4.80 Å². The van der Waals surface area contributed by atoms with Crippen molar-refractivity contribution >= 4 is 17.0 Å². The number of methoxy groups -OCH3 is 2. The van der Waals surface area contributed by atoms with Crippen molar-refractivity contribution < 1.29 is 13.9 Å². The topological polar surface area (TPSA) is 53.6 Å². The molecule has 2 heterocycles. The monoisotopic (exact) mass is 438 g/mol. The first-order valence-electron chi connectivity index (χ1n) is 9.84. The van der Waals surface area contributed by atoms with Gasteiger partial charge in [0.05, 0.1) is 31.9 Å². The van der Waals surface area contributed by atoms with Crippen LogP contribution in [0.3, 0.4) is 0 Å². The fourth-order valence-electron chi connectivity index (χ4n) is 3.32. The summed E-state index contributed by atoms with van der Waals surface area (Å²) in [5.74, 6) is 1.24. The van der Waals surface area contributed by atoms with Gasteiger partial charge in [-0.1, -0.05) is 0 Å².